The average Bonchev–Trinajstić information content (AvgIpc) is 3.96. The molecule has 0 fully saturated rings. The molecule has 0 aliphatic heterocycles. The normalized spacial score (nSPS) is 12.1. The molecule has 12 rings (SSSR count). The Morgan fingerprint density at radius 1 is 0.328 bits per heavy atom. The summed E-state index contributed by atoms with van der Waals surface area (Å²) in [5.41, 5.74) is 7.16. The fourth-order valence-electron chi connectivity index (χ4n) is 9.92. The van der Waals surface area contributed by atoms with Gasteiger partial charge in [-0.3, -0.25) is 0 Å². The molecule has 9 aromatic carbocycles. The number of fused-ring (bicyclic) bond motifs is 9. The third-order valence-corrected chi connectivity index (χ3v) is 18.5. The first-order valence-corrected chi connectivity index (χ1v) is 22.8. The van der Waals surface area contributed by atoms with Gasteiger partial charge >= 0.3 is 0 Å². The minimum atomic E-state index is -3.02. The summed E-state index contributed by atoms with van der Waals surface area (Å²) in [5, 5.41) is 13.3. The summed E-state index contributed by atoms with van der Waals surface area (Å²) >= 11 is 1.94. The first-order chi connectivity index (χ1) is 28.8. The molecule has 0 N–H and O–H groups in total. The van der Waals surface area contributed by atoms with E-state index in [0.29, 0.717) is 0 Å². The molecule has 0 atom stereocenters. The highest BCUT2D eigenvalue weighted by atomic mass is 32.1. The summed E-state index contributed by atoms with van der Waals surface area (Å²) in [6.07, 6.45) is 0. The number of hydrogen-bond acceptors (Lipinski definition) is 1. The van der Waals surface area contributed by atoms with Crippen LogP contribution in [0.2, 0.25) is 0 Å². The SMILES string of the molecule is c1ccc(-n2c3ccccc3c3cc(-n4c5ccccc5c5c([Si](c6ccccc6)(c6ccccc6)c6cccc7c6sc6ccccc67)cccc54)ccc32)cc1. The number of rotatable bonds is 6. The van der Waals surface area contributed by atoms with Gasteiger partial charge in [0.05, 0.1) is 22.1 Å². The van der Waals surface area contributed by atoms with Crippen LogP contribution in [0.25, 0.3) is 75.2 Å². The maximum Gasteiger partial charge on any atom is 0.181 e. The minimum absolute atomic E-state index is 1.16. The van der Waals surface area contributed by atoms with E-state index in [4.69, 9.17) is 0 Å². The third-order valence-electron chi connectivity index (χ3n) is 12.3. The van der Waals surface area contributed by atoms with Crippen molar-refractivity contribution in [3.8, 4) is 11.4 Å². The lowest BCUT2D eigenvalue weighted by Crippen LogP contribution is -2.75. The summed E-state index contributed by atoms with van der Waals surface area (Å²) < 4.78 is 7.61. The largest absolute Gasteiger partial charge is 0.309 e. The molecule has 0 unspecified atom stereocenters. The van der Waals surface area contributed by atoms with Gasteiger partial charge in [-0.1, -0.05) is 164 Å². The van der Waals surface area contributed by atoms with E-state index in [9.17, 15) is 0 Å². The molecule has 3 heterocycles. The molecule has 3 aromatic heterocycles. The van der Waals surface area contributed by atoms with Crippen LogP contribution in [0.3, 0.4) is 0 Å². The number of para-hydroxylation sites is 3. The Hall–Kier alpha value is -6.98. The number of aromatic nitrogens is 2. The number of thiophene rings is 1. The zero-order valence-corrected chi connectivity index (χ0v) is 33.4. The molecule has 0 saturated heterocycles. The van der Waals surface area contributed by atoms with Gasteiger partial charge < -0.3 is 9.13 Å². The summed E-state index contributed by atoms with van der Waals surface area (Å²) in [5.74, 6) is 0. The lowest BCUT2D eigenvalue weighted by atomic mass is 10.1. The molecule has 0 amide bonds. The fourth-order valence-corrected chi connectivity index (χ4v) is 16.7. The Kier molecular flexibility index (Phi) is 7.46. The average molecular weight is 773 g/mol. The highest BCUT2D eigenvalue weighted by Gasteiger charge is 2.44. The van der Waals surface area contributed by atoms with Gasteiger partial charge in [0.25, 0.3) is 0 Å². The van der Waals surface area contributed by atoms with Crippen LogP contribution < -0.4 is 20.7 Å². The van der Waals surface area contributed by atoms with Crippen LogP contribution in [-0.4, -0.2) is 17.2 Å². The molecule has 0 aliphatic carbocycles. The van der Waals surface area contributed by atoms with Crippen molar-refractivity contribution in [3.05, 3.63) is 218 Å². The summed E-state index contributed by atoms with van der Waals surface area (Å²) in [6, 6.07) is 81.5. The molecule has 0 aliphatic rings. The van der Waals surface area contributed by atoms with E-state index in [1.807, 2.05) is 11.3 Å². The Balaban J connectivity index is 1.21. The fraction of sp³-hybridized carbons (Fsp3) is 0. The Labute approximate surface area is 341 Å². The monoisotopic (exact) mass is 772 g/mol. The number of benzene rings is 9. The van der Waals surface area contributed by atoms with Crippen LogP contribution in [-0.2, 0) is 0 Å². The smallest absolute Gasteiger partial charge is 0.181 e. The van der Waals surface area contributed by atoms with Gasteiger partial charge in [0.1, 0.15) is 0 Å². The minimum Gasteiger partial charge on any atom is -0.309 e. The molecule has 4 heteroatoms. The second kappa shape index (κ2) is 13.0. The predicted molar refractivity (Wildman–Crippen MR) is 252 cm³/mol. The first-order valence-electron chi connectivity index (χ1n) is 19.9. The van der Waals surface area contributed by atoms with E-state index in [1.165, 1.54) is 90.2 Å². The Morgan fingerprint density at radius 3 is 1.59 bits per heavy atom. The van der Waals surface area contributed by atoms with Crippen LogP contribution in [0.1, 0.15) is 0 Å². The zero-order valence-electron chi connectivity index (χ0n) is 31.6. The predicted octanol–water partition coefficient (Wildman–Crippen LogP) is 11.6. The van der Waals surface area contributed by atoms with Gasteiger partial charge in [0.15, 0.2) is 8.07 Å². The first kappa shape index (κ1) is 33.2. The highest BCUT2D eigenvalue weighted by Crippen LogP contribution is 2.38. The van der Waals surface area contributed by atoms with Crippen molar-refractivity contribution in [1.29, 1.82) is 0 Å². The lowest BCUT2D eigenvalue weighted by Gasteiger charge is -2.35. The van der Waals surface area contributed by atoms with Gasteiger partial charge in [0, 0.05) is 53.1 Å². The van der Waals surface area contributed by atoms with E-state index in [0.717, 1.165) is 5.69 Å². The molecule has 0 saturated carbocycles. The number of nitrogens with zero attached hydrogens (tertiary/aromatic N) is 2. The van der Waals surface area contributed by atoms with E-state index >= 15 is 0 Å². The van der Waals surface area contributed by atoms with E-state index in [-0.39, 0.29) is 0 Å². The lowest BCUT2D eigenvalue weighted by molar-refractivity contribution is 1.17. The van der Waals surface area contributed by atoms with Crippen LogP contribution >= 0.6 is 11.3 Å². The highest BCUT2D eigenvalue weighted by molar-refractivity contribution is 7.31. The van der Waals surface area contributed by atoms with Gasteiger partial charge in [-0.05, 0) is 75.3 Å². The van der Waals surface area contributed by atoms with Gasteiger partial charge in [0.2, 0.25) is 0 Å². The molecular weight excluding hydrogens is 737 g/mol. The second-order valence-corrected chi connectivity index (χ2v) is 20.0. The summed E-state index contributed by atoms with van der Waals surface area (Å²) in [4.78, 5) is 0. The van der Waals surface area contributed by atoms with Crippen molar-refractivity contribution in [2.45, 2.75) is 0 Å². The van der Waals surface area contributed by atoms with Gasteiger partial charge in [-0.2, -0.15) is 0 Å². The summed E-state index contributed by atoms with van der Waals surface area (Å²) in [6.45, 7) is 0. The molecule has 0 spiro atoms. The zero-order chi connectivity index (χ0) is 38.2. The van der Waals surface area contributed by atoms with Gasteiger partial charge in [-0.25, -0.2) is 0 Å². The Morgan fingerprint density at radius 2 is 0.845 bits per heavy atom. The van der Waals surface area contributed by atoms with Crippen LogP contribution in [0, 0.1) is 0 Å². The summed E-state index contributed by atoms with van der Waals surface area (Å²) in [7, 11) is -3.02. The molecular formula is C54H36N2SSi. The molecule has 0 radical (unpaired) electrons. The van der Waals surface area contributed by atoms with E-state index < -0.39 is 8.07 Å². The van der Waals surface area contributed by atoms with Crippen molar-refractivity contribution in [1.82, 2.24) is 9.13 Å². The van der Waals surface area contributed by atoms with E-state index in [1.54, 1.807) is 0 Å². The molecule has 272 valence electrons. The maximum atomic E-state index is 2.51. The van der Waals surface area contributed by atoms with Crippen LogP contribution in [0.15, 0.2) is 218 Å². The van der Waals surface area contributed by atoms with Crippen molar-refractivity contribution in [3.63, 3.8) is 0 Å². The van der Waals surface area contributed by atoms with Crippen molar-refractivity contribution in [2.24, 2.45) is 0 Å². The standard InChI is InChI=1S/C54H36N2SSi/c1-4-18-37(19-5-1)55-46-28-13-10-24-41(46)45-36-38(34-35-48(45)55)56-47-29-14-11-26-44(47)53-49(56)30-17-32-51(53)58(39-20-6-2-7-21-39,40-22-8-3-9-23-40)52-33-16-27-43-42-25-12-15-31-50(42)57-54(43)52/h1-36H. The maximum absolute atomic E-state index is 3.02. The third kappa shape index (κ3) is 4.70. The molecule has 58 heavy (non-hydrogen) atoms. The molecule has 0 bridgehead atoms. The van der Waals surface area contributed by atoms with Crippen LogP contribution in [0.4, 0.5) is 0 Å². The topological polar surface area (TPSA) is 9.86 Å². The van der Waals surface area contributed by atoms with E-state index in [2.05, 4.69) is 228 Å². The molecule has 12 aromatic rings. The number of hydrogen-bond donors (Lipinski definition) is 0. The molecule has 2 nitrogen and oxygen atoms in total. The second-order valence-electron chi connectivity index (χ2n) is 15.2. The van der Waals surface area contributed by atoms with Gasteiger partial charge in [-0.15, -0.1) is 11.3 Å². The van der Waals surface area contributed by atoms with Crippen molar-refractivity contribution >= 4 is 104 Å². The van der Waals surface area contributed by atoms with Crippen LogP contribution in [0.5, 0.6) is 0 Å². The van der Waals surface area contributed by atoms with Crippen molar-refractivity contribution in [2.75, 3.05) is 0 Å². The Bertz CT molecular complexity index is 3470. The van der Waals surface area contributed by atoms with Crippen molar-refractivity contribution < 1.29 is 0 Å². The quantitative estimate of drug-likeness (QED) is 0.118.